The molecule has 0 fully saturated rings. The number of benzene rings is 1. The fourth-order valence-corrected chi connectivity index (χ4v) is 2.80. The lowest BCUT2D eigenvalue weighted by molar-refractivity contribution is 0.0607. The summed E-state index contributed by atoms with van der Waals surface area (Å²) in [6, 6.07) is 5.79. The summed E-state index contributed by atoms with van der Waals surface area (Å²) < 4.78 is 9.92. The fourth-order valence-electron chi connectivity index (χ4n) is 1.89. The Morgan fingerprint density at radius 1 is 1.32 bits per heavy atom. The molecule has 2 rings (SSSR count). The molecular weight excluding hydrogens is 262 g/mol. The summed E-state index contributed by atoms with van der Waals surface area (Å²) in [5.41, 5.74) is 9.29. The highest BCUT2D eigenvalue weighted by molar-refractivity contribution is 7.13. The second kappa shape index (κ2) is 5.32. The Morgan fingerprint density at radius 3 is 2.63 bits per heavy atom. The van der Waals surface area contributed by atoms with E-state index in [9.17, 15) is 4.79 Å². The van der Waals surface area contributed by atoms with Crippen molar-refractivity contribution in [2.45, 2.75) is 6.92 Å². The van der Waals surface area contributed by atoms with Crippen LogP contribution in [0.25, 0.3) is 11.1 Å². The first-order chi connectivity index (χ1) is 9.08. The number of carbonyl (C=O) groups excluding carboxylic acids is 1. The van der Waals surface area contributed by atoms with Crippen molar-refractivity contribution in [2.24, 2.45) is 0 Å². The third-order valence-corrected chi connectivity index (χ3v) is 3.88. The molecule has 0 saturated heterocycles. The van der Waals surface area contributed by atoms with Crippen LogP contribution in [0.2, 0.25) is 0 Å². The van der Waals surface area contributed by atoms with Gasteiger partial charge in [-0.2, -0.15) is 0 Å². The Kier molecular flexibility index (Phi) is 3.76. The van der Waals surface area contributed by atoms with Crippen molar-refractivity contribution < 1.29 is 14.3 Å². The van der Waals surface area contributed by atoms with Crippen molar-refractivity contribution in [3.8, 4) is 16.9 Å². The molecule has 100 valence electrons. The molecule has 1 aromatic carbocycles. The number of carbonyl (C=O) groups is 1. The minimum Gasteiger partial charge on any atom is -0.496 e. The quantitative estimate of drug-likeness (QED) is 0.876. The number of nitrogen functional groups attached to an aromatic ring is 1. The summed E-state index contributed by atoms with van der Waals surface area (Å²) in [6.07, 6.45) is 0. The minimum atomic E-state index is -0.404. The summed E-state index contributed by atoms with van der Waals surface area (Å²) in [7, 11) is 2.98. The van der Waals surface area contributed by atoms with Crippen LogP contribution in [0.15, 0.2) is 23.6 Å². The van der Waals surface area contributed by atoms with E-state index in [2.05, 4.69) is 0 Å². The number of methoxy groups -OCH3 is 2. The summed E-state index contributed by atoms with van der Waals surface area (Å²) in [5.74, 6) is 0.421. The average molecular weight is 277 g/mol. The Balaban J connectivity index is 2.45. The number of hydrogen-bond donors (Lipinski definition) is 1. The van der Waals surface area contributed by atoms with Gasteiger partial charge in [-0.05, 0) is 30.2 Å². The molecule has 5 heteroatoms. The third kappa shape index (κ3) is 2.42. The van der Waals surface area contributed by atoms with Crippen molar-refractivity contribution in [1.29, 1.82) is 0 Å². The van der Waals surface area contributed by atoms with Crippen LogP contribution in [-0.4, -0.2) is 20.2 Å². The van der Waals surface area contributed by atoms with Crippen molar-refractivity contribution in [2.75, 3.05) is 20.0 Å². The highest BCUT2D eigenvalue weighted by Crippen LogP contribution is 2.36. The molecule has 0 aliphatic rings. The van der Waals surface area contributed by atoms with Gasteiger partial charge in [0, 0.05) is 10.9 Å². The molecule has 1 aromatic heterocycles. The lowest BCUT2D eigenvalue weighted by Gasteiger charge is -2.07. The molecule has 4 nitrogen and oxygen atoms in total. The summed E-state index contributed by atoms with van der Waals surface area (Å²) in [4.78, 5) is 12.0. The normalized spacial score (nSPS) is 10.3. The Morgan fingerprint density at radius 2 is 2.05 bits per heavy atom. The Labute approximate surface area is 115 Å². The zero-order chi connectivity index (χ0) is 14.0. The van der Waals surface area contributed by atoms with E-state index in [1.165, 1.54) is 18.4 Å². The Hall–Kier alpha value is -2.01. The molecular formula is C14H15NO3S. The van der Waals surface area contributed by atoms with Gasteiger partial charge in [0.1, 0.15) is 10.6 Å². The number of hydrogen-bond acceptors (Lipinski definition) is 5. The van der Waals surface area contributed by atoms with E-state index in [1.54, 1.807) is 7.11 Å². The van der Waals surface area contributed by atoms with Gasteiger partial charge < -0.3 is 15.2 Å². The maximum atomic E-state index is 11.5. The van der Waals surface area contributed by atoms with Crippen molar-refractivity contribution in [3.05, 3.63) is 34.0 Å². The third-order valence-electron chi connectivity index (χ3n) is 2.91. The van der Waals surface area contributed by atoms with Crippen LogP contribution in [0.3, 0.4) is 0 Å². The van der Waals surface area contributed by atoms with Gasteiger partial charge in [-0.3, -0.25) is 0 Å². The van der Waals surface area contributed by atoms with E-state index in [0.717, 1.165) is 22.4 Å². The predicted octanol–water partition coefficient (Wildman–Crippen LogP) is 3.10. The van der Waals surface area contributed by atoms with E-state index in [1.807, 2.05) is 30.5 Å². The molecule has 1 heterocycles. The Bertz CT molecular complexity index is 619. The number of anilines is 1. The molecule has 0 amide bonds. The SMILES string of the molecule is COC(=O)c1scc(-c2ccc(OC)c(C)c2)c1N. The highest BCUT2D eigenvalue weighted by atomic mass is 32.1. The van der Waals surface area contributed by atoms with Gasteiger partial charge in [-0.25, -0.2) is 4.79 Å². The lowest BCUT2D eigenvalue weighted by Crippen LogP contribution is -2.02. The molecule has 0 aliphatic carbocycles. The van der Waals surface area contributed by atoms with E-state index in [0.29, 0.717) is 10.6 Å². The number of rotatable bonds is 3. The maximum Gasteiger partial charge on any atom is 0.350 e. The number of nitrogens with two attached hydrogens (primary N) is 1. The molecule has 2 N–H and O–H groups in total. The van der Waals surface area contributed by atoms with Gasteiger partial charge >= 0.3 is 5.97 Å². The van der Waals surface area contributed by atoms with E-state index >= 15 is 0 Å². The topological polar surface area (TPSA) is 61.5 Å². The zero-order valence-electron chi connectivity index (χ0n) is 11.0. The smallest absolute Gasteiger partial charge is 0.350 e. The lowest BCUT2D eigenvalue weighted by atomic mass is 10.0. The van der Waals surface area contributed by atoms with Gasteiger partial charge in [0.05, 0.1) is 19.9 Å². The summed E-state index contributed by atoms with van der Waals surface area (Å²) >= 11 is 1.29. The number of aryl methyl sites for hydroxylation is 1. The number of thiophene rings is 1. The van der Waals surface area contributed by atoms with E-state index in [-0.39, 0.29) is 0 Å². The van der Waals surface area contributed by atoms with Crippen molar-refractivity contribution in [1.82, 2.24) is 0 Å². The molecule has 0 unspecified atom stereocenters. The average Bonchev–Trinajstić information content (AvgIpc) is 2.79. The number of esters is 1. The summed E-state index contributed by atoms with van der Waals surface area (Å²) in [5, 5.41) is 1.86. The van der Waals surface area contributed by atoms with Crippen LogP contribution in [0.5, 0.6) is 5.75 Å². The molecule has 0 spiro atoms. The predicted molar refractivity (Wildman–Crippen MR) is 76.8 cm³/mol. The first kappa shape index (κ1) is 13.4. The second-order valence-corrected chi connectivity index (χ2v) is 4.95. The van der Waals surface area contributed by atoms with E-state index in [4.69, 9.17) is 15.2 Å². The molecule has 0 radical (unpaired) electrons. The van der Waals surface area contributed by atoms with Crippen LogP contribution >= 0.6 is 11.3 Å². The monoisotopic (exact) mass is 277 g/mol. The molecule has 0 aliphatic heterocycles. The second-order valence-electron chi connectivity index (χ2n) is 4.07. The maximum absolute atomic E-state index is 11.5. The standard InChI is InChI=1S/C14H15NO3S/c1-8-6-9(4-5-11(8)17-2)10-7-19-13(12(10)15)14(16)18-3/h4-7H,15H2,1-3H3. The molecule has 0 saturated carbocycles. The fraction of sp³-hybridized carbons (Fsp3) is 0.214. The molecule has 0 bridgehead atoms. The van der Waals surface area contributed by atoms with Gasteiger partial charge in [-0.15, -0.1) is 11.3 Å². The summed E-state index contributed by atoms with van der Waals surface area (Å²) in [6.45, 7) is 1.96. The first-order valence-electron chi connectivity index (χ1n) is 5.68. The molecule has 2 aromatic rings. The van der Waals surface area contributed by atoms with Crippen molar-refractivity contribution in [3.63, 3.8) is 0 Å². The van der Waals surface area contributed by atoms with Crippen molar-refractivity contribution >= 4 is 23.0 Å². The molecule has 19 heavy (non-hydrogen) atoms. The minimum absolute atomic E-state index is 0.404. The number of ether oxygens (including phenoxy) is 2. The van der Waals surface area contributed by atoms with Gasteiger partial charge in [0.2, 0.25) is 0 Å². The highest BCUT2D eigenvalue weighted by Gasteiger charge is 2.17. The largest absolute Gasteiger partial charge is 0.496 e. The van der Waals surface area contributed by atoms with Gasteiger partial charge in [-0.1, -0.05) is 6.07 Å². The van der Waals surface area contributed by atoms with Crippen LogP contribution in [0.1, 0.15) is 15.2 Å². The van der Waals surface area contributed by atoms with Crippen LogP contribution < -0.4 is 10.5 Å². The van der Waals surface area contributed by atoms with Crippen LogP contribution in [0.4, 0.5) is 5.69 Å². The first-order valence-corrected chi connectivity index (χ1v) is 6.56. The van der Waals surface area contributed by atoms with Gasteiger partial charge in [0.15, 0.2) is 0 Å². The van der Waals surface area contributed by atoms with Gasteiger partial charge in [0.25, 0.3) is 0 Å². The zero-order valence-corrected chi connectivity index (χ0v) is 11.8. The van der Waals surface area contributed by atoms with E-state index < -0.39 is 5.97 Å². The molecule has 0 atom stereocenters. The van der Waals surface area contributed by atoms with Crippen LogP contribution in [-0.2, 0) is 4.74 Å². The van der Waals surface area contributed by atoms with Crippen LogP contribution in [0, 0.1) is 6.92 Å².